The summed E-state index contributed by atoms with van der Waals surface area (Å²) in [6.07, 6.45) is 0.107. The second kappa shape index (κ2) is 5.87. The van der Waals surface area contributed by atoms with E-state index in [9.17, 15) is 5.11 Å². The summed E-state index contributed by atoms with van der Waals surface area (Å²) in [5, 5.41) is 10.9. The molecule has 1 N–H and O–H groups in total. The van der Waals surface area contributed by atoms with Gasteiger partial charge in [0.05, 0.1) is 6.10 Å². The highest BCUT2D eigenvalue weighted by atomic mass is 79.9. The molecule has 1 atom stereocenters. The molecule has 0 amide bonds. The van der Waals surface area contributed by atoms with Crippen molar-refractivity contribution in [3.63, 3.8) is 0 Å². The molecule has 2 aromatic rings. The molecule has 0 radical (unpaired) electrons. The number of benzene rings is 2. The summed E-state index contributed by atoms with van der Waals surface area (Å²) >= 11 is 9.29. The molecule has 0 heterocycles. The van der Waals surface area contributed by atoms with Gasteiger partial charge in [-0.1, -0.05) is 51.8 Å². The Morgan fingerprint density at radius 2 is 1.83 bits per heavy atom. The highest BCUT2D eigenvalue weighted by Gasteiger charge is 2.09. The normalized spacial score (nSPS) is 12.4. The summed E-state index contributed by atoms with van der Waals surface area (Å²) in [6.45, 7) is 2.02. The van der Waals surface area contributed by atoms with Crippen molar-refractivity contribution in [1.82, 2.24) is 0 Å². The van der Waals surface area contributed by atoms with Crippen molar-refractivity contribution in [1.29, 1.82) is 0 Å². The molecule has 0 aliphatic carbocycles. The lowest BCUT2D eigenvalue weighted by atomic mass is 10.0. The fourth-order valence-corrected chi connectivity index (χ4v) is 2.21. The van der Waals surface area contributed by atoms with Gasteiger partial charge in [0, 0.05) is 15.9 Å². The van der Waals surface area contributed by atoms with Crippen molar-refractivity contribution in [3.8, 4) is 0 Å². The predicted molar refractivity (Wildman–Crippen MR) is 79.0 cm³/mol. The third kappa shape index (κ3) is 3.35. The Bertz CT molecular complexity index is 537. The van der Waals surface area contributed by atoms with Gasteiger partial charge in [0.2, 0.25) is 0 Å². The fraction of sp³-hybridized carbons (Fsp3) is 0.200. The van der Waals surface area contributed by atoms with Crippen LogP contribution in [-0.2, 0) is 6.42 Å². The van der Waals surface area contributed by atoms with Crippen LogP contribution in [0, 0.1) is 6.92 Å². The minimum atomic E-state index is -0.488. The molecule has 0 saturated heterocycles. The maximum absolute atomic E-state index is 10.2. The van der Waals surface area contributed by atoms with Gasteiger partial charge in [0.1, 0.15) is 0 Å². The Morgan fingerprint density at radius 1 is 1.17 bits per heavy atom. The van der Waals surface area contributed by atoms with Gasteiger partial charge in [0.25, 0.3) is 0 Å². The highest BCUT2D eigenvalue weighted by molar-refractivity contribution is 9.10. The third-order valence-corrected chi connectivity index (χ3v) is 4.05. The fourth-order valence-electron chi connectivity index (χ4n) is 1.84. The van der Waals surface area contributed by atoms with E-state index < -0.39 is 6.10 Å². The molecule has 2 rings (SSSR count). The van der Waals surface area contributed by atoms with E-state index in [1.54, 1.807) is 0 Å². The van der Waals surface area contributed by atoms with Gasteiger partial charge in [-0.15, -0.1) is 0 Å². The maximum atomic E-state index is 10.2. The monoisotopic (exact) mass is 324 g/mol. The Morgan fingerprint density at radius 3 is 2.44 bits per heavy atom. The SMILES string of the molecule is Cc1cc(C(O)Cc2ccc(Cl)cc2)ccc1Br. The minimum absolute atomic E-state index is 0.488. The van der Waals surface area contributed by atoms with Crippen LogP contribution in [0.2, 0.25) is 5.02 Å². The number of halogens is 2. The largest absolute Gasteiger partial charge is 0.388 e. The van der Waals surface area contributed by atoms with Gasteiger partial charge >= 0.3 is 0 Å². The molecule has 0 saturated carbocycles. The van der Waals surface area contributed by atoms with Crippen molar-refractivity contribution < 1.29 is 5.11 Å². The van der Waals surface area contributed by atoms with Crippen molar-refractivity contribution >= 4 is 27.5 Å². The maximum Gasteiger partial charge on any atom is 0.0830 e. The molecule has 18 heavy (non-hydrogen) atoms. The van der Waals surface area contributed by atoms with E-state index in [1.165, 1.54) is 0 Å². The number of hydrogen-bond acceptors (Lipinski definition) is 1. The van der Waals surface area contributed by atoms with Crippen molar-refractivity contribution in [2.24, 2.45) is 0 Å². The first-order valence-electron chi connectivity index (χ1n) is 5.75. The van der Waals surface area contributed by atoms with E-state index in [-0.39, 0.29) is 0 Å². The third-order valence-electron chi connectivity index (χ3n) is 2.91. The predicted octanol–water partition coefficient (Wildman–Crippen LogP) is 4.69. The van der Waals surface area contributed by atoms with Crippen molar-refractivity contribution in [2.75, 3.05) is 0 Å². The molecular weight excluding hydrogens is 312 g/mol. The minimum Gasteiger partial charge on any atom is -0.388 e. The lowest BCUT2D eigenvalue weighted by Crippen LogP contribution is -2.02. The molecule has 0 aromatic heterocycles. The molecule has 0 aliphatic heterocycles. The van der Waals surface area contributed by atoms with Gasteiger partial charge < -0.3 is 5.11 Å². The second-order valence-electron chi connectivity index (χ2n) is 4.36. The molecule has 0 aliphatic rings. The van der Waals surface area contributed by atoms with Gasteiger partial charge in [-0.05, 0) is 41.8 Å². The Kier molecular flexibility index (Phi) is 4.44. The van der Waals surface area contributed by atoms with Crippen LogP contribution in [0.3, 0.4) is 0 Å². The van der Waals surface area contributed by atoms with Crippen LogP contribution in [0.15, 0.2) is 46.9 Å². The van der Waals surface area contributed by atoms with Gasteiger partial charge in [0.15, 0.2) is 0 Å². The highest BCUT2D eigenvalue weighted by Crippen LogP contribution is 2.24. The summed E-state index contributed by atoms with van der Waals surface area (Å²) < 4.78 is 1.06. The molecule has 0 fully saturated rings. The first-order chi connectivity index (χ1) is 8.56. The first-order valence-corrected chi connectivity index (χ1v) is 6.92. The van der Waals surface area contributed by atoms with E-state index in [4.69, 9.17) is 11.6 Å². The number of rotatable bonds is 3. The van der Waals surface area contributed by atoms with Crippen LogP contribution in [0.25, 0.3) is 0 Å². The summed E-state index contributed by atoms with van der Waals surface area (Å²) in [7, 11) is 0. The smallest absolute Gasteiger partial charge is 0.0830 e. The number of hydrogen-bond donors (Lipinski definition) is 1. The average Bonchev–Trinajstić information content (AvgIpc) is 2.35. The van der Waals surface area contributed by atoms with Crippen LogP contribution in [0.4, 0.5) is 0 Å². The van der Waals surface area contributed by atoms with Crippen LogP contribution >= 0.6 is 27.5 Å². The van der Waals surface area contributed by atoms with Crippen molar-refractivity contribution in [2.45, 2.75) is 19.4 Å². The van der Waals surface area contributed by atoms with Gasteiger partial charge in [-0.3, -0.25) is 0 Å². The van der Waals surface area contributed by atoms with E-state index in [1.807, 2.05) is 49.4 Å². The quantitative estimate of drug-likeness (QED) is 0.868. The van der Waals surface area contributed by atoms with Crippen LogP contribution in [0.5, 0.6) is 0 Å². The molecule has 0 bridgehead atoms. The lowest BCUT2D eigenvalue weighted by Gasteiger charge is -2.12. The molecule has 94 valence electrons. The first kappa shape index (κ1) is 13.6. The van der Waals surface area contributed by atoms with Gasteiger partial charge in [-0.2, -0.15) is 0 Å². The van der Waals surface area contributed by atoms with E-state index in [0.717, 1.165) is 21.2 Å². The van der Waals surface area contributed by atoms with E-state index >= 15 is 0 Å². The zero-order valence-corrected chi connectivity index (χ0v) is 12.4. The van der Waals surface area contributed by atoms with E-state index in [0.29, 0.717) is 11.4 Å². The molecule has 3 heteroatoms. The summed E-state index contributed by atoms with van der Waals surface area (Å²) in [5.41, 5.74) is 3.14. The molecule has 1 nitrogen and oxygen atoms in total. The zero-order chi connectivity index (χ0) is 13.1. The van der Waals surface area contributed by atoms with Crippen molar-refractivity contribution in [3.05, 3.63) is 68.7 Å². The molecule has 2 aromatic carbocycles. The average molecular weight is 326 g/mol. The molecular formula is C15H14BrClO. The zero-order valence-electron chi connectivity index (χ0n) is 10.0. The van der Waals surface area contributed by atoms with Gasteiger partial charge in [-0.25, -0.2) is 0 Å². The Hall–Kier alpha value is -0.830. The molecule has 1 unspecified atom stereocenters. The Balaban J connectivity index is 2.13. The number of aryl methyl sites for hydroxylation is 1. The lowest BCUT2D eigenvalue weighted by molar-refractivity contribution is 0.178. The van der Waals surface area contributed by atoms with Crippen LogP contribution in [-0.4, -0.2) is 5.11 Å². The second-order valence-corrected chi connectivity index (χ2v) is 5.65. The molecule has 0 spiro atoms. The van der Waals surface area contributed by atoms with Crippen LogP contribution in [0.1, 0.15) is 22.8 Å². The summed E-state index contributed by atoms with van der Waals surface area (Å²) in [6, 6.07) is 13.5. The Labute approximate surface area is 121 Å². The summed E-state index contributed by atoms with van der Waals surface area (Å²) in [4.78, 5) is 0. The van der Waals surface area contributed by atoms with E-state index in [2.05, 4.69) is 15.9 Å². The number of aliphatic hydroxyl groups is 1. The van der Waals surface area contributed by atoms with Crippen LogP contribution < -0.4 is 0 Å². The number of aliphatic hydroxyl groups excluding tert-OH is 1. The topological polar surface area (TPSA) is 20.2 Å². The standard InChI is InChI=1S/C15H14BrClO/c1-10-8-12(4-7-14(10)16)15(18)9-11-2-5-13(17)6-3-11/h2-8,15,18H,9H2,1H3. The summed E-state index contributed by atoms with van der Waals surface area (Å²) in [5.74, 6) is 0.